The quantitative estimate of drug-likeness (QED) is 0.804. The number of carbonyl (C=O) groups is 1. The van der Waals surface area contributed by atoms with Gasteiger partial charge >= 0.3 is 5.97 Å². The lowest BCUT2D eigenvalue weighted by Gasteiger charge is -2.06. The number of ether oxygens (including phenoxy) is 2. The maximum absolute atomic E-state index is 11.4. The Hall–Kier alpha value is -1.59. The van der Waals surface area contributed by atoms with Crippen LogP contribution in [0.15, 0.2) is 18.2 Å². The van der Waals surface area contributed by atoms with Crippen LogP contribution >= 0.6 is 22.9 Å². The lowest BCUT2D eigenvalue weighted by molar-refractivity contribution is 0.0606. The molecule has 0 amide bonds. The van der Waals surface area contributed by atoms with Gasteiger partial charge in [-0.05, 0) is 31.0 Å². The van der Waals surface area contributed by atoms with Gasteiger partial charge in [0.05, 0.1) is 7.11 Å². The highest BCUT2D eigenvalue weighted by molar-refractivity contribution is 7.15. The first-order chi connectivity index (χ1) is 9.01. The molecule has 0 aliphatic heterocycles. The van der Waals surface area contributed by atoms with Gasteiger partial charge in [0.15, 0.2) is 10.0 Å². The number of thiazole rings is 1. The monoisotopic (exact) mass is 297 g/mol. The van der Waals surface area contributed by atoms with Gasteiger partial charge in [-0.1, -0.05) is 35.1 Å². The molecule has 100 valence electrons. The van der Waals surface area contributed by atoms with E-state index in [-0.39, 0.29) is 10.0 Å². The Balaban J connectivity index is 2.29. The number of methoxy groups -OCH3 is 1. The van der Waals surface area contributed by atoms with Gasteiger partial charge < -0.3 is 9.47 Å². The minimum absolute atomic E-state index is 0.0946. The van der Waals surface area contributed by atoms with Crippen LogP contribution in [-0.4, -0.2) is 18.1 Å². The molecule has 6 heteroatoms. The summed E-state index contributed by atoms with van der Waals surface area (Å²) in [6.07, 6.45) is 0. The molecule has 0 saturated heterocycles. The lowest BCUT2D eigenvalue weighted by atomic mass is 10.1. The number of halogens is 1. The molecular formula is C13H12ClNO3S. The van der Waals surface area contributed by atoms with Gasteiger partial charge in [-0.15, -0.1) is 0 Å². The van der Waals surface area contributed by atoms with Crippen LogP contribution in [0.5, 0.6) is 10.9 Å². The number of hydrogen-bond donors (Lipinski definition) is 0. The van der Waals surface area contributed by atoms with Crippen molar-refractivity contribution in [1.82, 2.24) is 4.98 Å². The van der Waals surface area contributed by atoms with E-state index in [0.717, 1.165) is 22.5 Å². The summed E-state index contributed by atoms with van der Waals surface area (Å²) in [7, 11) is 1.30. The Morgan fingerprint density at radius 2 is 2.11 bits per heavy atom. The number of hydrogen-bond acceptors (Lipinski definition) is 5. The molecule has 0 aliphatic rings. The van der Waals surface area contributed by atoms with E-state index >= 15 is 0 Å². The summed E-state index contributed by atoms with van der Waals surface area (Å²) in [5, 5.41) is 0.413. The number of carbonyl (C=O) groups excluding carboxylic acids is 1. The summed E-state index contributed by atoms with van der Waals surface area (Å²) in [6, 6.07) is 5.86. The van der Waals surface area contributed by atoms with E-state index in [1.54, 1.807) is 0 Å². The molecule has 0 bridgehead atoms. The van der Waals surface area contributed by atoms with Gasteiger partial charge in [0.25, 0.3) is 5.19 Å². The van der Waals surface area contributed by atoms with Gasteiger partial charge in [0.1, 0.15) is 5.75 Å². The van der Waals surface area contributed by atoms with E-state index < -0.39 is 5.97 Å². The van der Waals surface area contributed by atoms with Crippen molar-refractivity contribution in [2.24, 2.45) is 0 Å². The van der Waals surface area contributed by atoms with Gasteiger partial charge in [0, 0.05) is 0 Å². The topological polar surface area (TPSA) is 48.4 Å². The molecule has 0 radical (unpaired) electrons. The zero-order chi connectivity index (χ0) is 14.0. The molecule has 4 nitrogen and oxygen atoms in total. The minimum atomic E-state index is -0.515. The van der Waals surface area contributed by atoms with Crippen molar-refractivity contribution in [1.29, 1.82) is 0 Å². The lowest BCUT2D eigenvalue weighted by Crippen LogP contribution is -1.98. The smallest absolute Gasteiger partial charge is 0.351 e. The first kappa shape index (κ1) is 13.8. The molecule has 0 atom stereocenters. The van der Waals surface area contributed by atoms with E-state index in [9.17, 15) is 4.79 Å². The molecule has 0 spiro atoms. The molecule has 0 fully saturated rings. The van der Waals surface area contributed by atoms with Gasteiger partial charge in [-0.25, -0.2) is 4.79 Å². The summed E-state index contributed by atoms with van der Waals surface area (Å²) in [5.41, 5.74) is 2.06. The fourth-order valence-electron chi connectivity index (χ4n) is 1.46. The molecule has 0 unspecified atom stereocenters. The van der Waals surface area contributed by atoms with Crippen LogP contribution in [0, 0.1) is 13.8 Å². The normalized spacial score (nSPS) is 10.3. The molecule has 19 heavy (non-hydrogen) atoms. The van der Waals surface area contributed by atoms with Crippen molar-refractivity contribution in [3.05, 3.63) is 39.4 Å². The predicted molar refractivity (Wildman–Crippen MR) is 74.5 cm³/mol. The van der Waals surface area contributed by atoms with E-state index in [1.807, 2.05) is 32.0 Å². The second kappa shape index (κ2) is 5.59. The molecule has 0 N–H and O–H groups in total. The van der Waals surface area contributed by atoms with Crippen LogP contribution in [0.3, 0.4) is 0 Å². The summed E-state index contributed by atoms with van der Waals surface area (Å²) in [6.45, 7) is 3.91. The first-order valence-electron chi connectivity index (χ1n) is 5.51. The molecule has 2 rings (SSSR count). The number of rotatable bonds is 3. The Morgan fingerprint density at radius 3 is 2.79 bits per heavy atom. The van der Waals surface area contributed by atoms with Crippen molar-refractivity contribution in [3.8, 4) is 10.9 Å². The third-order valence-electron chi connectivity index (χ3n) is 2.48. The van der Waals surface area contributed by atoms with E-state index in [2.05, 4.69) is 9.72 Å². The fraction of sp³-hybridized carbons (Fsp3) is 0.231. The first-order valence-corrected chi connectivity index (χ1v) is 6.70. The second-order valence-electron chi connectivity index (χ2n) is 3.96. The van der Waals surface area contributed by atoms with E-state index in [4.69, 9.17) is 16.3 Å². The van der Waals surface area contributed by atoms with Crippen molar-refractivity contribution >= 4 is 28.9 Å². The average molecular weight is 298 g/mol. The Morgan fingerprint density at radius 1 is 1.37 bits per heavy atom. The highest BCUT2D eigenvalue weighted by atomic mass is 35.5. The highest BCUT2D eigenvalue weighted by Gasteiger charge is 2.18. The number of esters is 1. The summed E-state index contributed by atoms with van der Waals surface area (Å²) in [4.78, 5) is 15.7. The maximum atomic E-state index is 11.4. The van der Waals surface area contributed by atoms with Gasteiger partial charge in [-0.3, -0.25) is 0 Å². The Kier molecular flexibility index (Phi) is 4.07. The predicted octanol–water partition coefficient (Wildman–Crippen LogP) is 3.99. The van der Waals surface area contributed by atoms with Crippen LogP contribution in [0.2, 0.25) is 5.15 Å². The highest BCUT2D eigenvalue weighted by Crippen LogP contribution is 2.33. The molecule has 2 aromatic rings. The third-order valence-corrected chi connectivity index (χ3v) is 3.78. The van der Waals surface area contributed by atoms with Crippen molar-refractivity contribution in [2.45, 2.75) is 13.8 Å². The molecule has 1 aromatic heterocycles. The van der Waals surface area contributed by atoms with Crippen molar-refractivity contribution in [2.75, 3.05) is 7.11 Å². The second-order valence-corrected chi connectivity index (χ2v) is 5.28. The average Bonchev–Trinajstić information content (AvgIpc) is 2.74. The number of aryl methyl sites for hydroxylation is 2. The van der Waals surface area contributed by atoms with Crippen LogP contribution in [-0.2, 0) is 4.74 Å². The Bertz CT molecular complexity index is 624. The van der Waals surface area contributed by atoms with Crippen molar-refractivity contribution in [3.63, 3.8) is 0 Å². The largest absolute Gasteiger partial charge is 0.465 e. The van der Waals surface area contributed by atoms with Crippen LogP contribution in [0.1, 0.15) is 20.8 Å². The number of benzene rings is 1. The van der Waals surface area contributed by atoms with E-state index in [0.29, 0.717) is 10.9 Å². The summed E-state index contributed by atoms with van der Waals surface area (Å²) < 4.78 is 10.3. The van der Waals surface area contributed by atoms with E-state index in [1.165, 1.54) is 7.11 Å². The summed E-state index contributed by atoms with van der Waals surface area (Å²) in [5.74, 6) is 0.181. The van der Waals surface area contributed by atoms with Crippen LogP contribution in [0.25, 0.3) is 0 Å². The van der Waals surface area contributed by atoms with Crippen molar-refractivity contribution < 1.29 is 14.3 Å². The van der Waals surface area contributed by atoms with Gasteiger partial charge in [0.2, 0.25) is 0 Å². The molecule has 1 aromatic carbocycles. The zero-order valence-corrected chi connectivity index (χ0v) is 12.3. The molecule has 0 aliphatic carbocycles. The zero-order valence-electron chi connectivity index (χ0n) is 10.7. The number of nitrogens with zero attached hydrogens (tertiary/aromatic N) is 1. The van der Waals surface area contributed by atoms with Crippen LogP contribution in [0.4, 0.5) is 0 Å². The fourth-order valence-corrected chi connectivity index (χ4v) is 2.52. The SMILES string of the molecule is COC(=O)c1sc(Oc2cc(C)ccc2C)nc1Cl. The molecular weight excluding hydrogens is 286 g/mol. The Labute approximate surface area is 120 Å². The van der Waals surface area contributed by atoms with Gasteiger partial charge in [-0.2, -0.15) is 4.98 Å². The standard InChI is InChI=1S/C13H12ClNO3S/c1-7-4-5-8(2)9(6-7)18-13-15-11(14)10(19-13)12(16)17-3/h4-6H,1-3H3. The third kappa shape index (κ3) is 3.05. The van der Waals surface area contributed by atoms with Crippen LogP contribution < -0.4 is 4.74 Å². The number of aromatic nitrogens is 1. The summed E-state index contributed by atoms with van der Waals surface area (Å²) >= 11 is 6.94. The molecule has 0 saturated carbocycles. The minimum Gasteiger partial charge on any atom is -0.465 e. The maximum Gasteiger partial charge on any atom is 0.351 e. The molecule has 1 heterocycles.